The van der Waals surface area contributed by atoms with Crippen molar-refractivity contribution in [2.45, 2.75) is 90.1 Å². The third-order valence-electron chi connectivity index (χ3n) is 6.71. The van der Waals surface area contributed by atoms with Gasteiger partial charge in [-0.2, -0.15) is 0 Å². The van der Waals surface area contributed by atoms with Crippen molar-refractivity contribution in [3.63, 3.8) is 0 Å². The molecular weight excluding hydrogens is 613 g/mol. The van der Waals surface area contributed by atoms with Crippen LogP contribution in [0.25, 0.3) is 0 Å². The SMILES string of the molecule is [CH-]=CC1=C([C](O)=[W])C2CC(C)(O[Si](C)(C)C(C)(C)C)CCC2C(C)(C)O1.[CH3-].[Y]. The van der Waals surface area contributed by atoms with Crippen LogP contribution in [0.5, 0.6) is 0 Å². The molecule has 159 valence electrons. The molecule has 1 N–H and O–H groups in total. The average Bonchev–Trinajstić information content (AvgIpc) is 2.42. The molecule has 0 amide bonds. The number of aliphatic hydroxyl groups excluding tert-OH is 1. The fourth-order valence-electron chi connectivity index (χ4n) is 4.35. The number of ether oxygens (including phenoxy) is 1. The van der Waals surface area contributed by atoms with Crippen LogP contribution in [0.4, 0.5) is 0 Å². The molecule has 3 nitrogen and oxygen atoms in total. The number of allylic oxidation sites excluding steroid dienone is 1. The summed E-state index contributed by atoms with van der Waals surface area (Å²) in [6, 6.07) is 0. The summed E-state index contributed by atoms with van der Waals surface area (Å²) in [7, 11) is -1.88. The van der Waals surface area contributed by atoms with Gasteiger partial charge in [0.25, 0.3) is 0 Å². The fraction of sp³-hybridized carbons (Fsp3) is 0.727. The molecule has 0 saturated heterocycles. The Morgan fingerprint density at radius 3 is 2.29 bits per heavy atom. The molecule has 3 unspecified atom stereocenters. The van der Waals surface area contributed by atoms with Gasteiger partial charge in [0.15, 0.2) is 0 Å². The van der Waals surface area contributed by atoms with E-state index in [1.165, 1.54) is 6.08 Å². The average molecular weight is 651 g/mol. The smallest absolute Gasteiger partial charge is 0 e. The van der Waals surface area contributed by atoms with Crippen molar-refractivity contribution < 1.29 is 66.3 Å². The maximum Gasteiger partial charge on any atom is 0 e. The molecule has 2 rings (SSSR count). The van der Waals surface area contributed by atoms with Crippen molar-refractivity contribution in [2.24, 2.45) is 11.8 Å². The molecule has 3 atom stereocenters. The topological polar surface area (TPSA) is 38.7 Å². The minimum Gasteiger partial charge on any atom is -0.358 e. The van der Waals surface area contributed by atoms with Crippen LogP contribution in [-0.4, -0.2) is 28.7 Å². The van der Waals surface area contributed by atoms with Crippen molar-refractivity contribution in [3.05, 3.63) is 31.4 Å². The van der Waals surface area contributed by atoms with Crippen molar-refractivity contribution in [3.8, 4) is 0 Å². The van der Waals surface area contributed by atoms with Crippen molar-refractivity contribution in [1.29, 1.82) is 0 Å². The third kappa shape index (κ3) is 5.86. The second kappa shape index (κ2) is 9.70. The fourth-order valence-corrected chi connectivity index (χ4v) is 6.98. The van der Waals surface area contributed by atoms with Gasteiger partial charge in [0, 0.05) is 32.7 Å². The van der Waals surface area contributed by atoms with Gasteiger partial charge in [-0.15, -0.1) is 0 Å². The van der Waals surface area contributed by atoms with Gasteiger partial charge in [-0.25, -0.2) is 0 Å². The van der Waals surface area contributed by atoms with Crippen molar-refractivity contribution >= 4 is 12.4 Å². The van der Waals surface area contributed by atoms with E-state index in [1.807, 2.05) is 0 Å². The van der Waals surface area contributed by atoms with E-state index >= 15 is 0 Å². The van der Waals surface area contributed by atoms with Gasteiger partial charge in [0.1, 0.15) is 0 Å². The minimum absolute atomic E-state index is 0. The van der Waals surface area contributed by atoms with Gasteiger partial charge in [0.2, 0.25) is 0 Å². The summed E-state index contributed by atoms with van der Waals surface area (Å²) < 4.78 is 13.5. The number of hydrogen-bond donors (Lipinski definition) is 1. The van der Waals surface area contributed by atoms with Gasteiger partial charge in [-0.05, 0) is 0 Å². The Hall–Kier alpha value is 1.08. The zero-order valence-electron chi connectivity index (χ0n) is 19.2. The van der Waals surface area contributed by atoms with Gasteiger partial charge < -0.3 is 7.43 Å². The molecule has 2 aliphatic rings. The summed E-state index contributed by atoms with van der Waals surface area (Å²) in [6.45, 7) is 23.9. The maximum atomic E-state index is 10.4. The molecular formula is C22H38O3SiWY-2. The van der Waals surface area contributed by atoms with Crippen LogP contribution in [0.3, 0.4) is 0 Å². The Morgan fingerprint density at radius 2 is 1.86 bits per heavy atom. The molecule has 0 aromatic rings. The van der Waals surface area contributed by atoms with E-state index in [1.54, 1.807) is 0 Å². The third-order valence-corrected chi connectivity index (χ3v) is 12.1. The van der Waals surface area contributed by atoms with Crippen molar-refractivity contribution in [2.75, 3.05) is 0 Å². The van der Waals surface area contributed by atoms with Gasteiger partial charge in [-0.3, -0.25) is 0 Å². The predicted molar refractivity (Wildman–Crippen MR) is 112 cm³/mol. The molecule has 1 aliphatic heterocycles. The zero-order valence-corrected chi connectivity index (χ0v) is 26.0. The van der Waals surface area contributed by atoms with Gasteiger partial charge in [-0.1, -0.05) is 0 Å². The summed E-state index contributed by atoms with van der Waals surface area (Å²) in [5, 5.41) is 10.6. The molecule has 28 heavy (non-hydrogen) atoms. The molecule has 1 saturated carbocycles. The number of aliphatic hydroxyl groups is 1. The molecule has 0 aromatic carbocycles. The molecule has 1 fully saturated rings. The monoisotopic (exact) mass is 651 g/mol. The first-order chi connectivity index (χ1) is 11.6. The second-order valence-corrected chi connectivity index (χ2v) is 16.3. The first-order valence-electron chi connectivity index (χ1n) is 9.55. The maximum absolute atomic E-state index is 10.4. The molecule has 6 heteroatoms. The van der Waals surface area contributed by atoms with Crippen LogP contribution in [0, 0.1) is 25.8 Å². The Bertz CT molecular complexity index is 636. The summed E-state index contributed by atoms with van der Waals surface area (Å²) >= 11 is 1.05. The van der Waals surface area contributed by atoms with Crippen LogP contribution in [0.2, 0.25) is 18.1 Å². The Balaban J connectivity index is 0.00000364. The van der Waals surface area contributed by atoms with E-state index in [4.69, 9.17) is 15.7 Å². The molecule has 1 heterocycles. The standard InChI is InChI=1S/C21H35O3Si.CH3.W.Y/c1-10-18-16(14-22)15-13-21(7,24-25(8,9)19(2,3)4)12-11-17(15)20(5,6)23-18;;;/h1,10,15,17,22H,11-13H2,2-9H3;1H3;;/q2*-1;;. The Labute approximate surface area is 210 Å². The first kappa shape index (κ1) is 29.1. The van der Waals surface area contributed by atoms with Crippen LogP contribution >= 0.6 is 0 Å². The van der Waals surface area contributed by atoms with Crippen LogP contribution in [-0.2, 0) is 61.2 Å². The second-order valence-electron chi connectivity index (χ2n) is 10.2. The zero-order chi connectivity index (χ0) is 20.1. The van der Waals surface area contributed by atoms with Crippen LogP contribution in [0.1, 0.15) is 60.8 Å². The normalized spacial score (nSPS) is 29.6. The summed E-state index contributed by atoms with van der Waals surface area (Å²) in [6.07, 6.45) is 4.47. The van der Waals surface area contributed by atoms with E-state index in [-0.39, 0.29) is 62.3 Å². The molecule has 1 radical (unpaired) electrons. The predicted octanol–water partition coefficient (Wildman–Crippen LogP) is 5.73. The summed E-state index contributed by atoms with van der Waals surface area (Å²) in [5.74, 6) is 1.22. The molecule has 0 aromatic heterocycles. The van der Waals surface area contributed by atoms with E-state index < -0.39 is 8.32 Å². The summed E-state index contributed by atoms with van der Waals surface area (Å²) in [4.78, 5) is 0. The summed E-state index contributed by atoms with van der Waals surface area (Å²) in [5.41, 5.74) is 0.437. The van der Waals surface area contributed by atoms with E-state index in [9.17, 15) is 5.11 Å². The quantitative estimate of drug-likeness (QED) is 0.312. The van der Waals surface area contributed by atoms with Gasteiger partial charge in [0.05, 0.1) is 0 Å². The number of hydrogen-bond acceptors (Lipinski definition) is 3. The largest absolute Gasteiger partial charge is 0.358 e. The van der Waals surface area contributed by atoms with Gasteiger partial charge >= 0.3 is 172 Å². The molecule has 0 bridgehead atoms. The van der Waals surface area contributed by atoms with Crippen LogP contribution in [0.15, 0.2) is 17.4 Å². The van der Waals surface area contributed by atoms with E-state index in [0.29, 0.717) is 15.8 Å². The number of fused-ring (bicyclic) bond motifs is 1. The minimum atomic E-state index is -1.88. The first-order valence-corrected chi connectivity index (χ1v) is 13.9. The van der Waals surface area contributed by atoms with Crippen LogP contribution < -0.4 is 0 Å². The van der Waals surface area contributed by atoms with E-state index in [2.05, 4.69) is 54.6 Å². The number of rotatable bonds is 4. The molecule has 1 aliphatic carbocycles. The Kier molecular flexibility index (Phi) is 10.1. The Morgan fingerprint density at radius 1 is 1.32 bits per heavy atom. The van der Waals surface area contributed by atoms with E-state index in [0.717, 1.165) is 44.2 Å². The molecule has 0 spiro atoms. The van der Waals surface area contributed by atoms with Crippen molar-refractivity contribution in [1.82, 2.24) is 0 Å².